The van der Waals surface area contributed by atoms with Crippen LogP contribution in [0.25, 0.3) is 0 Å². The fraction of sp³-hybridized carbons (Fsp3) is 0.500. The van der Waals surface area contributed by atoms with E-state index in [0.29, 0.717) is 29.9 Å². The van der Waals surface area contributed by atoms with E-state index in [9.17, 15) is 8.42 Å². The third-order valence-electron chi connectivity index (χ3n) is 3.37. The van der Waals surface area contributed by atoms with E-state index >= 15 is 0 Å². The Morgan fingerprint density at radius 2 is 2.17 bits per heavy atom. The quantitative estimate of drug-likeness (QED) is 0.867. The van der Waals surface area contributed by atoms with E-state index in [0.717, 1.165) is 12.0 Å². The lowest BCUT2D eigenvalue weighted by Gasteiger charge is -2.08. The molecule has 4 nitrogen and oxygen atoms in total. The first kappa shape index (κ1) is 13.8. The molecule has 0 radical (unpaired) electrons. The first-order valence-electron chi connectivity index (χ1n) is 5.92. The zero-order chi connectivity index (χ0) is 13.3. The van der Waals surface area contributed by atoms with E-state index in [1.165, 1.54) is 12.1 Å². The summed E-state index contributed by atoms with van der Waals surface area (Å²) >= 11 is 5.96. The topological polar surface area (TPSA) is 72.2 Å². The summed E-state index contributed by atoms with van der Waals surface area (Å²) < 4.78 is 26.7. The lowest BCUT2D eigenvalue weighted by atomic mass is 10.2. The molecule has 1 saturated carbocycles. The zero-order valence-electron chi connectivity index (χ0n) is 10.2. The fourth-order valence-electron chi connectivity index (χ4n) is 1.84. The smallest absolute Gasteiger partial charge is 0.240 e. The molecule has 2 rings (SSSR count). The number of hydrogen-bond donors (Lipinski definition) is 2. The van der Waals surface area contributed by atoms with Gasteiger partial charge in [-0.15, -0.1) is 0 Å². The number of nitrogens with one attached hydrogen (secondary N) is 1. The Morgan fingerprint density at radius 1 is 1.50 bits per heavy atom. The van der Waals surface area contributed by atoms with Crippen LogP contribution in [-0.4, -0.2) is 15.0 Å². The van der Waals surface area contributed by atoms with Crippen molar-refractivity contribution in [3.63, 3.8) is 0 Å². The summed E-state index contributed by atoms with van der Waals surface area (Å²) in [5.41, 5.74) is 6.22. The van der Waals surface area contributed by atoms with E-state index in [1.807, 2.05) is 0 Å². The first-order chi connectivity index (χ1) is 8.44. The van der Waals surface area contributed by atoms with Gasteiger partial charge in [0.25, 0.3) is 0 Å². The van der Waals surface area contributed by atoms with Crippen LogP contribution in [0.5, 0.6) is 0 Å². The highest BCUT2D eigenvalue weighted by Crippen LogP contribution is 2.37. The average molecular weight is 289 g/mol. The predicted octanol–water partition coefficient (Wildman–Crippen LogP) is 1.73. The Bertz CT molecular complexity index is 545. The number of benzene rings is 1. The second-order valence-electron chi connectivity index (χ2n) is 4.78. The average Bonchev–Trinajstić information content (AvgIpc) is 3.03. The van der Waals surface area contributed by atoms with E-state index in [4.69, 9.17) is 17.3 Å². The number of rotatable bonds is 5. The third kappa shape index (κ3) is 3.03. The van der Waals surface area contributed by atoms with Crippen LogP contribution >= 0.6 is 11.6 Å². The summed E-state index contributed by atoms with van der Waals surface area (Å²) in [7, 11) is -3.46. The molecule has 0 saturated heterocycles. The normalized spacial score (nSPS) is 23.1. The highest BCUT2D eigenvalue weighted by atomic mass is 35.5. The van der Waals surface area contributed by atoms with Crippen molar-refractivity contribution in [3.8, 4) is 0 Å². The molecule has 0 spiro atoms. The van der Waals surface area contributed by atoms with E-state index in [-0.39, 0.29) is 4.90 Å². The highest BCUT2D eigenvalue weighted by molar-refractivity contribution is 7.89. The number of sulfonamides is 1. The SMILES string of the molecule is CC1CC1CNS(=O)(=O)c1ccc(CN)c(Cl)c1. The van der Waals surface area contributed by atoms with Gasteiger partial charge in [-0.1, -0.05) is 24.6 Å². The lowest BCUT2D eigenvalue weighted by molar-refractivity contribution is 0.574. The molecule has 1 aromatic carbocycles. The van der Waals surface area contributed by atoms with Crippen LogP contribution in [-0.2, 0) is 16.6 Å². The minimum Gasteiger partial charge on any atom is -0.326 e. The molecule has 0 heterocycles. The summed E-state index contributed by atoms with van der Waals surface area (Å²) in [6, 6.07) is 4.63. The first-order valence-corrected chi connectivity index (χ1v) is 7.78. The van der Waals surface area contributed by atoms with Gasteiger partial charge in [0.05, 0.1) is 4.90 Å². The van der Waals surface area contributed by atoms with Gasteiger partial charge >= 0.3 is 0 Å². The molecule has 1 aliphatic carbocycles. The molecule has 0 amide bonds. The van der Waals surface area contributed by atoms with Crippen molar-refractivity contribution < 1.29 is 8.42 Å². The maximum Gasteiger partial charge on any atom is 0.240 e. The van der Waals surface area contributed by atoms with Gasteiger partial charge in [-0.3, -0.25) is 0 Å². The molecule has 0 bridgehead atoms. The largest absolute Gasteiger partial charge is 0.326 e. The minimum absolute atomic E-state index is 0.193. The van der Waals surface area contributed by atoms with Crippen molar-refractivity contribution >= 4 is 21.6 Å². The van der Waals surface area contributed by atoms with Gasteiger partial charge in [-0.05, 0) is 36.0 Å². The molecule has 2 atom stereocenters. The Kier molecular flexibility index (Phi) is 3.96. The maximum atomic E-state index is 12.0. The zero-order valence-corrected chi connectivity index (χ0v) is 11.8. The van der Waals surface area contributed by atoms with Crippen LogP contribution in [0.2, 0.25) is 5.02 Å². The van der Waals surface area contributed by atoms with E-state index in [1.54, 1.807) is 6.07 Å². The molecule has 1 fully saturated rings. The standard InChI is InChI=1S/C12H17ClN2O2S/c1-8-4-10(8)7-15-18(16,17)11-3-2-9(6-14)12(13)5-11/h2-3,5,8,10,15H,4,6-7,14H2,1H3. The second kappa shape index (κ2) is 5.17. The number of nitrogens with two attached hydrogens (primary N) is 1. The predicted molar refractivity (Wildman–Crippen MR) is 71.8 cm³/mol. The number of halogens is 1. The van der Waals surface area contributed by atoms with Crippen LogP contribution in [0.15, 0.2) is 23.1 Å². The van der Waals surface area contributed by atoms with E-state index < -0.39 is 10.0 Å². The Hall–Kier alpha value is -0.620. The maximum absolute atomic E-state index is 12.0. The summed E-state index contributed by atoms with van der Waals surface area (Å²) in [6.07, 6.45) is 1.09. The molecule has 100 valence electrons. The van der Waals surface area contributed by atoms with Crippen molar-refractivity contribution in [2.75, 3.05) is 6.54 Å². The Morgan fingerprint density at radius 3 is 2.67 bits per heavy atom. The highest BCUT2D eigenvalue weighted by Gasteiger charge is 2.33. The van der Waals surface area contributed by atoms with Crippen molar-refractivity contribution in [2.24, 2.45) is 17.6 Å². The number of hydrogen-bond acceptors (Lipinski definition) is 3. The molecule has 0 aliphatic heterocycles. The summed E-state index contributed by atoms with van der Waals surface area (Å²) in [5, 5.41) is 0.389. The molecular weight excluding hydrogens is 272 g/mol. The van der Waals surface area contributed by atoms with E-state index in [2.05, 4.69) is 11.6 Å². The van der Waals surface area contributed by atoms with Gasteiger partial charge in [0, 0.05) is 18.1 Å². The Balaban J connectivity index is 2.11. The third-order valence-corrected chi connectivity index (χ3v) is 5.14. The van der Waals surface area contributed by atoms with Crippen LogP contribution in [0.1, 0.15) is 18.9 Å². The summed E-state index contributed by atoms with van der Waals surface area (Å²) in [6.45, 7) is 2.91. The monoisotopic (exact) mass is 288 g/mol. The molecule has 18 heavy (non-hydrogen) atoms. The second-order valence-corrected chi connectivity index (χ2v) is 6.96. The fourth-order valence-corrected chi connectivity index (χ4v) is 3.29. The minimum atomic E-state index is -3.46. The lowest BCUT2D eigenvalue weighted by Crippen LogP contribution is -2.26. The van der Waals surface area contributed by atoms with Crippen molar-refractivity contribution in [1.29, 1.82) is 0 Å². The van der Waals surface area contributed by atoms with Crippen molar-refractivity contribution in [1.82, 2.24) is 4.72 Å². The molecule has 3 N–H and O–H groups in total. The molecule has 1 aromatic rings. The van der Waals surface area contributed by atoms with Gasteiger partial charge in [0.1, 0.15) is 0 Å². The van der Waals surface area contributed by atoms with Gasteiger partial charge in [-0.25, -0.2) is 13.1 Å². The van der Waals surface area contributed by atoms with Crippen LogP contribution in [0.3, 0.4) is 0 Å². The molecular formula is C12H17ClN2O2S. The molecule has 0 aromatic heterocycles. The Labute approximate surface area is 113 Å². The van der Waals surface area contributed by atoms with Gasteiger partial charge in [-0.2, -0.15) is 0 Å². The summed E-state index contributed by atoms with van der Waals surface area (Å²) in [5.74, 6) is 1.09. The van der Waals surface area contributed by atoms with Gasteiger partial charge < -0.3 is 5.73 Å². The van der Waals surface area contributed by atoms with Crippen LogP contribution < -0.4 is 10.5 Å². The summed E-state index contributed by atoms with van der Waals surface area (Å²) in [4.78, 5) is 0.193. The molecule has 1 aliphatic rings. The van der Waals surface area contributed by atoms with Crippen molar-refractivity contribution in [3.05, 3.63) is 28.8 Å². The van der Waals surface area contributed by atoms with Gasteiger partial charge in [0.15, 0.2) is 0 Å². The molecule has 6 heteroatoms. The molecule has 2 unspecified atom stereocenters. The van der Waals surface area contributed by atoms with Crippen LogP contribution in [0.4, 0.5) is 0 Å². The van der Waals surface area contributed by atoms with Gasteiger partial charge in [0.2, 0.25) is 10.0 Å². The van der Waals surface area contributed by atoms with Crippen molar-refractivity contribution in [2.45, 2.75) is 24.8 Å². The van der Waals surface area contributed by atoms with Crippen LogP contribution in [0, 0.1) is 11.8 Å².